The van der Waals surface area contributed by atoms with Gasteiger partial charge in [0.05, 0.1) is 0 Å². The summed E-state index contributed by atoms with van der Waals surface area (Å²) in [5.41, 5.74) is 0. The van der Waals surface area contributed by atoms with Gasteiger partial charge in [-0.05, 0) is 24.5 Å². The van der Waals surface area contributed by atoms with Gasteiger partial charge in [-0.3, -0.25) is 0 Å². The van der Waals surface area contributed by atoms with E-state index in [1.807, 2.05) is 54.1 Å². The zero-order valence-corrected chi connectivity index (χ0v) is 10.9. The molecule has 0 spiro atoms. The van der Waals surface area contributed by atoms with Crippen molar-refractivity contribution in [1.82, 2.24) is 0 Å². The first kappa shape index (κ1) is 13.0. The summed E-state index contributed by atoms with van der Waals surface area (Å²) in [4.78, 5) is 0. The van der Waals surface area contributed by atoms with Crippen LogP contribution in [-0.4, -0.2) is 0 Å². The maximum absolute atomic E-state index is 12.8. The zero-order chi connectivity index (χ0) is 11.9. The first-order valence-electron chi connectivity index (χ1n) is 5.73. The van der Waals surface area contributed by atoms with Gasteiger partial charge in [-0.15, -0.1) is 0 Å². The molecule has 0 aromatic heterocycles. The number of allylic oxidation sites excluding steroid dienone is 2. The fraction of sp³-hybridized carbons (Fsp3) is 0.286. The van der Waals surface area contributed by atoms with E-state index in [-0.39, 0.29) is 0 Å². The molecular weight excluding hydrogens is 215 g/mol. The van der Waals surface area contributed by atoms with Crippen molar-refractivity contribution in [2.75, 3.05) is 0 Å². The van der Waals surface area contributed by atoms with E-state index >= 15 is 0 Å². The molecule has 0 heterocycles. The highest BCUT2D eigenvalue weighted by Crippen LogP contribution is 2.47. The third-order valence-electron chi connectivity index (χ3n) is 2.28. The molecule has 16 heavy (non-hydrogen) atoms. The molecule has 0 aliphatic heterocycles. The van der Waals surface area contributed by atoms with Gasteiger partial charge >= 0.3 is 0 Å². The van der Waals surface area contributed by atoms with Crippen molar-refractivity contribution < 1.29 is 4.57 Å². The van der Waals surface area contributed by atoms with Gasteiger partial charge < -0.3 is 4.57 Å². The maximum Gasteiger partial charge on any atom is 0.156 e. The Labute approximate surface area is 98.3 Å². The summed E-state index contributed by atoms with van der Waals surface area (Å²) in [6.07, 6.45) is 5.79. The van der Waals surface area contributed by atoms with Gasteiger partial charge in [0.1, 0.15) is 0 Å². The van der Waals surface area contributed by atoms with Gasteiger partial charge in [0.2, 0.25) is 0 Å². The Morgan fingerprint density at radius 2 is 1.50 bits per heavy atom. The average Bonchev–Trinajstić information content (AvgIpc) is 2.35. The normalized spacial score (nSPS) is 15.6. The standard InChI is InChI=1S/C14H19OP/c1-3-5-12-16(15,13-6-4-2)14-10-8-7-9-11-14/h5-13H,3-4H2,1-2H3. The third-order valence-corrected chi connectivity index (χ3v) is 4.70. The fourth-order valence-electron chi connectivity index (χ4n) is 1.41. The summed E-state index contributed by atoms with van der Waals surface area (Å²) in [6.45, 7) is 4.10. The largest absolute Gasteiger partial charge is 0.310 e. The molecule has 0 aliphatic rings. The summed E-state index contributed by atoms with van der Waals surface area (Å²) in [6, 6.07) is 9.67. The van der Waals surface area contributed by atoms with Gasteiger partial charge in [0.15, 0.2) is 7.14 Å². The van der Waals surface area contributed by atoms with Crippen LogP contribution >= 0.6 is 7.14 Å². The molecule has 0 atom stereocenters. The van der Waals surface area contributed by atoms with Crippen LogP contribution < -0.4 is 5.30 Å². The molecule has 0 saturated carbocycles. The quantitative estimate of drug-likeness (QED) is 0.684. The van der Waals surface area contributed by atoms with Crippen molar-refractivity contribution in [1.29, 1.82) is 0 Å². The number of rotatable bonds is 5. The van der Waals surface area contributed by atoms with Crippen LogP contribution in [0.5, 0.6) is 0 Å². The van der Waals surface area contributed by atoms with Gasteiger partial charge in [0.25, 0.3) is 0 Å². The minimum Gasteiger partial charge on any atom is -0.310 e. The van der Waals surface area contributed by atoms with Crippen molar-refractivity contribution in [3.8, 4) is 0 Å². The number of hydrogen-bond donors (Lipinski definition) is 0. The van der Waals surface area contributed by atoms with E-state index in [9.17, 15) is 4.57 Å². The van der Waals surface area contributed by atoms with Crippen molar-refractivity contribution in [3.05, 3.63) is 54.1 Å². The van der Waals surface area contributed by atoms with E-state index in [4.69, 9.17) is 0 Å². The van der Waals surface area contributed by atoms with Gasteiger partial charge in [-0.25, -0.2) is 0 Å². The Morgan fingerprint density at radius 1 is 1.00 bits per heavy atom. The van der Waals surface area contributed by atoms with E-state index in [2.05, 4.69) is 13.8 Å². The minimum atomic E-state index is -2.47. The second kappa shape index (κ2) is 6.50. The lowest BCUT2D eigenvalue weighted by Crippen LogP contribution is -1.99. The van der Waals surface area contributed by atoms with Crippen molar-refractivity contribution in [3.63, 3.8) is 0 Å². The molecule has 2 heteroatoms. The summed E-state index contributed by atoms with van der Waals surface area (Å²) in [5, 5.41) is 0.907. The van der Waals surface area contributed by atoms with E-state index in [1.54, 1.807) is 0 Å². The molecule has 0 saturated heterocycles. The summed E-state index contributed by atoms with van der Waals surface area (Å²) < 4.78 is 12.8. The summed E-state index contributed by atoms with van der Waals surface area (Å²) >= 11 is 0. The Balaban J connectivity index is 3.10. The Morgan fingerprint density at radius 3 is 1.94 bits per heavy atom. The SMILES string of the molecule is CCC=CP(=O)(C=CCC)c1ccccc1. The zero-order valence-electron chi connectivity index (χ0n) is 9.97. The topological polar surface area (TPSA) is 17.1 Å². The highest BCUT2D eigenvalue weighted by Gasteiger charge is 2.16. The molecule has 1 rings (SSSR count). The molecule has 0 radical (unpaired) electrons. The van der Waals surface area contributed by atoms with Gasteiger partial charge in [-0.2, -0.15) is 0 Å². The first-order chi connectivity index (χ1) is 7.73. The highest BCUT2D eigenvalue weighted by atomic mass is 31.2. The highest BCUT2D eigenvalue weighted by molar-refractivity contribution is 7.77. The van der Waals surface area contributed by atoms with Crippen LogP contribution in [0.3, 0.4) is 0 Å². The summed E-state index contributed by atoms with van der Waals surface area (Å²) in [7, 11) is -2.47. The Bertz CT molecular complexity index is 386. The number of hydrogen-bond acceptors (Lipinski definition) is 1. The van der Waals surface area contributed by atoms with E-state index < -0.39 is 7.14 Å². The molecule has 0 N–H and O–H groups in total. The van der Waals surface area contributed by atoms with Crippen LogP contribution in [0.15, 0.2) is 54.1 Å². The summed E-state index contributed by atoms with van der Waals surface area (Å²) in [5.74, 6) is 3.71. The van der Waals surface area contributed by atoms with Gasteiger partial charge in [0, 0.05) is 5.30 Å². The van der Waals surface area contributed by atoms with E-state index in [0.717, 1.165) is 18.1 Å². The molecular formula is C14H19OP. The lowest BCUT2D eigenvalue weighted by atomic mass is 10.4. The third kappa shape index (κ3) is 3.50. The van der Waals surface area contributed by atoms with Crippen molar-refractivity contribution in [2.45, 2.75) is 26.7 Å². The fourth-order valence-corrected chi connectivity index (χ4v) is 3.54. The van der Waals surface area contributed by atoms with Crippen LogP contribution in [0.4, 0.5) is 0 Å². The van der Waals surface area contributed by atoms with Crippen LogP contribution in [0, 0.1) is 0 Å². The Hall–Kier alpha value is -1.07. The van der Waals surface area contributed by atoms with E-state index in [1.165, 1.54) is 0 Å². The minimum absolute atomic E-state index is 0.907. The molecule has 1 aromatic carbocycles. The Kier molecular flexibility index (Phi) is 5.28. The number of benzene rings is 1. The molecule has 1 nitrogen and oxygen atoms in total. The smallest absolute Gasteiger partial charge is 0.156 e. The molecule has 1 aromatic rings. The maximum atomic E-state index is 12.8. The molecule has 0 amide bonds. The van der Waals surface area contributed by atoms with Crippen LogP contribution in [-0.2, 0) is 4.57 Å². The molecule has 0 unspecified atom stereocenters. The predicted molar refractivity (Wildman–Crippen MR) is 72.5 cm³/mol. The predicted octanol–water partition coefficient (Wildman–Crippen LogP) is 4.52. The lowest BCUT2D eigenvalue weighted by Gasteiger charge is -2.09. The van der Waals surface area contributed by atoms with E-state index in [0.29, 0.717) is 0 Å². The second-order valence-corrected chi connectivity index (χ2v) is 6.16. The lowest BCUT2D eigenvalue weighted by molar-refractivity contribution is 0.591. The van der Waals surface area contributed by atoms with Crippen molar-refractivity contribution >= 4 is 12.4 Å². The van der Waals surface area contributed by atoms with Crippen molar-refractivity contribution in [2.24, 2.45) is 0 Å². The van der Waals surface area contributed by atoms with Crippen LogP contribution in [0.2, 0.25) is 0 Å². The van der Waals surface area contributed by atoms with Crippen LogP contribution in [0.1, 0.15) is 26.7 Å². The van der Waals surface area contributed by atoms with Crippen LogP contribution in [0.25, 0.3) is 0 Å². The monoisotopic (exact) mass is 234 g/mol. The first-order valence-corrected chi connectivity index (χ1v) is 7.58. The van der Waals surface area contributed by atoms with Gasteiger partial charge in [-0.1, -0.05) is 56.3 Å². The average molecular weight is 234 g/mol. The second-order valence-electron chi connectivity index (χ2n) is 3.63. The molecule has 86 valence electrons. The molecule has 0 fully saturated rings. The molecule has 0 bridgehead atoms. The molecule has 0 aliphatic carbocycles.